The molecule has 1 aromatic carbocycles. The number of nitrogens with one attached hydrogen (secondary N) is 2. The second-order valence-electron chi connectivity index (χ2n) is 5.69. The number of carbonyl (C=O) groups excluding carboxylic acids is 1. The monoisotopic (exact) mass is 398 g/mol. The molecule has 2 rings (SSSR count). The number of anilines is 1. The Kier molecular flexibility index (Phi) is 7.66. The lowest BCUT2D eigenvalue weighted by Gasteiger charge is -2.21. The third-order valence-electron chi connectivity index (χ3n) is 3.65. The summed E-state index contributed by atoms with van der Waals surface area (Å²) in [7, 11) is 1.85. The smallest absolute Gasteiger partial charge is 0.246 e. The summed E-state index contributed by atoms with van der Waals surface area (Å²) in [6.07, 6.45) is 0.838. The molecule has 0 fully saturated rings. The maximum Gasteiger partial charge on any atom is 0.246 e. The van der Waals surface area contributed by atoms with Crippen molar-refractivity contribution in [3.05, 3.63) is 52.0 Å². The minimum atomic E-state index is -1.63. The summed E-state index contributed by atoms with van der Waals surface area (Å²) in [6.45, 7) is 2.93. The number of rotatable bonds is 7. The van der Waals surface area contributed by atoms with Gasteiger partial charge in [0.05, 0.1) is 5.69 Å². The maximum atomic E-state index is 13.6. The molecule has 5 nitrogen and oxygen atoms in total. The van der Waals surface area contributed by atoms with Gasteiger partial charge in [0.15, 0.2) is 23.4 Å². The van der Waals surface area contributed by atoms with Crippen molar-refractivity contribution in [1.29, 1.82) is 0 Å². The first-order valence-electron chi connectivity index (χ1n) is 8.37. The van der Waals surface area contributed by atoms with Crippen molar-refractivity contribution in [2.45, 2.75) is 13.3 Å². The van der Waals surface area contributed by atoms with Gasteiger partial charge in [0.25, 0.3) is 0 Å². The van der Waals surface area contributed by atoms with Crippen LogP contribution in [0.4, 0.5) is 18.9 Å². The van der Waals surface area contributed by atoms with Gasteiger partial charge in [-0.25, -0.2) is 18.2 Å². The van der Waals surface area contributed by atoms with Gasteiger partial charge in [0.1, 0.15) is 6.54 Å². The number of carbonyl (C=O) groups is 1. The lowest BCUT2D eigenvalue weighted by Crippen LogP contribution is -2.40. The van der Waals surface area contributed by atoms with Gasteiger partial charge in [0, 0.05) is 25.0 Å². The van der Waals surface area contributed by atoms with Crippen LogP contribution in [0.15, 0.2) is 34.6 Å². The summed E-state index contributed by atoms with van der Waals surface area (Å²) in [6, 6.07) is 5.75. The van der Waals surface area contributed by atoms with E-state index in [4.69, 9.17) is 0 Å². The molecule has 0 saturated heterocycles. The van der Waals surface area contributed by atoms with E-state index in [2.05, 4.69) is 15.6 Å². The van der Waals surface area contributed by atoms with E-state index in [0.717, 1.165) is 18.6 Å². The summed E-state index contributed by atoms with van der Waals surface area (Å²) < 4.78 is 39.8. The van der Waals surface area contributed by atoms with Crippen LogP contribution in [0.1, 0.15) is 11.8 Å². The quantitative estimate of drug-likeness (QED) is 0.428. The predicted molar refractivity (Wildman–Crippen MR) is 102 cm³/mol. The van der Waals surface area contributed by atoms with E-state index in [9.17, 15) is 18.0 Å². The van der Waals surface area contributed by atoms with Crippen LogP contribution in [0.2, 0.25) is 0 Å². The van der Waals surface area contributed by atoms with Crippen LogP contribution in [0.25, 0.3) is 0 Å². The van der Waals surface area contributed by atoms with E-state index in [0.29, 0.717) is 19.0 Å². The molecule has 27 heavy (non-hydrogen) atoms. The summed E-state index contributed by atoms with van der Waals surface area (Å²) in [5, 5.41) is 7.28. The summed E-state index contributed by atoms with van der Waals surface area (Å²) >= 11 is 1.67. The highest BCUT2D eigenvalue weighted by atomic mass is 32.1. The highest BCUT2D eigenvalue weighted by Gasteiger charge is 2.15. The van der Waals surface area contributed by atoms with Gasteiger partial charge in [-0.2, -0.15) is 0 Å². The van der Waals surface area contributed by atoms with Crippen molar-refractivity contribution in [3.63, 3.8) is 0 Å². The maximum absolute atomic E-state index is 13.6. The molecule has 0 bridgehead atoms. The largest absolute Gasteiger partial charge is 0.357 e. The van der Waals surface area contributed by atoms with Gasteiger partial charge in [-0.3, -0.25) is 4.79 Å². The number of amides is 1. The molecule has 0 radical (unpaired) electrons. The summed E-state index contributed by atoms with van der Waals surface area (Å²) in [5.74, 6) is -4.49. The molecule has 0 saturated carbocycles. The molecule has 2 N–H and O–H groups in total. The van der Waals surface area contributed by atoms with Crippen LogP contribution in [-0.4, -0.2) is 43.4 Å². The second kappa shape index (κ2) is 9.96. The Morgan fingerprint density at radius 3 is 2.67 bits per heavy atom. The molecule has 0 aliphatic heterocycles. The molecule has 1 aromatic heterocycles. The third-order valence-corrected chi connectivity index (χ3v) is 4.59. The predicted octanol–water partition coefficient (Wildman–Crippen LogP) is 3.24. The van der Waals surface area contributed by atoms with Crippen molar-refractivity contribution in [2.75, 3.05) is 32.0 Å². The first-order chi connectivity index (χ1) is 12.9. The number of halogens is 3. The lowest BCUT2D eigenvalue weighted by molar-refractivity contribution is -0.114. The Balaban J connectivity index is 1.96. The van der Waals surface area contributed by atoms with Gasteiger partial charge in [0.2, 0.25) is 5.91 Å². The van der Waals surface area contributed by atoms with E-state index in [1.165, 1.54) is 4.88 Å². The lowest BCUT2D eigenvalue weighted by atomic mass is 10.3. The number of guanidine groups is 1. The van der Waals surface area contributed by atoms with Crippen molar-refractivity contribution in [1.82, 2.24) is 10.2 Å². The highest BCUT2D eigenvalue weighted by Crippen LogP contribution is 2.19. The van der Waals surface area contributed by atoms with Crippen molar-refractivity contribution in [2.24, 2.45) is 4.99 Å². The van der Waals surface area contributed by atoms with Crippen LogP contribution < -0.4 is 10.6 Å². The summed E-state index contributed by atoms with van der Waals surface area (Å²) in [5.41, 5.74) is -0.426. The van der Waals surface area contributed by atoms with E-state index < -0.39 is 29.0 Å². The van der Waals surface area contributed by atoms with Crippen LogP contribution in [0.5, 0.6) is 0 Å². The number of thiophene rings is 1. The number of hydrogen-bond acceptors (Lipinski definition) is 3. The van der Waals surface area contributed by atoms with E-state index >= 15 is 0 Å². The van der Waals surface area contributed by atoms with Gasteiger partial charge in [-0.05, 0) is 36.9 Å². The van der Waals surface area contributed by atoms with Crippen LogP contribution >= 0.6 is 11.3 Å². The van der Waals surface area contributed by atoms with Crippen molar-refractivity contribution in [3.8, 4) is 0 Å². The van der Waals surface area contributed by atoms with Gasteiger partial charge < -0.3 is 15.5 Å². The van der Waals surface area contributed by atoms with Crippen molar-refractivity contribution >= 4 is 28.9 Å². The van der Waals surface area contributed by atoms with E-state index in [1.807, 2.05) is 36.4 Å². The zero-order valence-electron chi connectivity index (χ0n) is 15.1. The standard InChI is InChI=1S/C18H21F3N4OS/c1-3-22-18(25(2)9-8-12-5-4-10-27-12)23-11-15(26)24-14-7-6-13(19)16(20)17(14)21/h4-7,10H,3,8-9,11H2,1-2H3,(H,22,23)(H,24,26). The Morgan fingerprint density at radius 1 is 1.22 bits per heavy atom. The Hall–Kier alpha value is -2.55. The Labute approximate surface area is 159 Å². The number of nitrogens with zero attached hydrogens (tertiary/aromatic N) is 2. The highest BCUT2D eigenvalue weighted by molar-refractivity contribution is 7.09. The molecular weight excluding hydrogens is 377 g/mol. The van der Waals surface area contributed by atoms with Crippen LogP contribution in [0, 0.1) is 17.5 Å². The molecule has 0 aliphatic rings. The summed E-state index contributed by atoms with van der Waals surface area (Å²) in [4.78, 5) is 19.3. The normalized spacial score (nSPS) is 11.4. The zero-order valence-corrected chi connectivity index (χ0v) is 15.9. The van der Waals surface area contributed by atoms with Gasteiger partial charge in [-0.15, -0.1) is 11.3 Å². The average Bonchev–Trinajstić information content (AvgIpc) is 3.17. The molecule has 0 unspecified atom stereocenters. The molecule has 146 valence electrons. The Morgan fingerprint density at radius 2 is 2.00 bits per heavy atom. The molecule has 1 amide bonds. The van der Waals surface area contributed by atoms with Gasteiger partial charge in [-0.1, -0.05) is 6.07 Å². The first kappa shape index (κ1) is 20.8. The average molecular weight is 398 g/mol. The zero-order chi connectivity index (χ0) is 19.8. The van der Waals surface area contributed by atoms with Crippen LogP contribution in [-0.2, 0) is 11.2 Å². The van der Waals surface area contributed by atoms with E-state index in [1.54, 1.807) is 11.3 Å². The third kappa shape index (κ3) is 5.99. The number of benzene rings is 1. The topological polar surface area (TPSA) is 56.7 Å². The molecule has 0 aliphatic carbocycles. The minimum Gasteiger partial charge on any atom is -0.357 e. The molecule has 1 heterocycles. The Bertz CT molecular complexity index is 796. The van der Waals surface area contributed by atoms with E-state index in [-0.39, 0.29) is 6.54 Å². The molecule has 0 atom stereocenters. The van der Waals surface area contributed by atoms with Gasteiger partial charge >= 0.3 is 0 Å². The minimum absolute atomic E-state index is 0.288. The molecule has 2 aromatic rings. The van der Waals surface area contributed by atoms with Crippen LogP contribution in [0.3, 0.4) is 0 Å². The fourth-order valence-corrected chi connectivity index (χ4v) is 2.97. The second-order valence-corrected chi connectivity index (χ2v) is 6.72. The number of aliphatic imine (C=N–C) groups is 1. The fourth-order valence-electron chi connectivity index (χ4n) is 2.27. The number of hydrogen-bond donors (Lipinski definition) is 2. The molecular formula is C18H21F3N4OS. The SMILES string of the molecule is CCNC(=NCC(=O)Nc1ccc(F)c(F)c1F)N(C)CCc1cccs1. The molecule has 0 spiro atoms. The van der Waals surface area contributed by atoms with Crippen molar-refractivity contribution < 1.29 is 18.0 Å². The molecule has 9 heteroatoms. The fraction of sp³-hybridized carbons (Fsp3) is 0.333. The number of likely N-dealkylation sites (N-methyl/N-ethyl adjacent to an activating group) is 1. The first-order valence-corrected chi connectivity index (χ1v) is 9.25.